The summed E-state index contributed by atoms with van der Waals surface area (Å²) in [4.78, 5) is 69.9. The van der Waals surface area contributed by atoms with E-state index in [4.69, 9.17) is 36.2 Å². The fraction of sp³-hybridized carbons (Fsp3) is 0.545. The minimum Gasteiger partial charge on any atom is -0.447 e. The van der Waals surface area contributed by atoms with Crippen LogP contribution < -0.4 is 5.32 Å². The van der Waals surface area contributed by atoms with Gasteiger partial charge in [-0.2, -0.15) is 5.26 Å². The Morgan fingerprint density at radius 3 is 1.38 bits per heavy atom. The summed E-state index contributed by atoms with van der Waals surface area (Å²) in [5.41, 5.74) is 3.43. The predicted octanol–water partition coefficient (Wildman–Crippen LogP) is 11.1. The van der Waals surface area contributed by atoms with Crippen LogP contribution in [0, 0.1) is 29.1 Å². The van der Waals surface area contributed by atoms with Gasteiger partial charge in [-0.25, -0.2) is 24.2 Å². The van der Waals surface area contributed by atoms with Crippen LogP contribution >= 0.6 is 11.6 Å². The number of hydrogen-bond donors (Lipinski definition) is 2. The van der Waals surface area contributed by atoms with Crippen LogP contribution in [-0.4, -0.2) is 103 Å². The number of cyclic esters (lactones) is 3. The molecule has 391 valence electrons. The number of ether oxygens (including phenoxy) is 3. The van der Waals surface area contributed by atoms with Gasteiger partial charge >= 0.3 is 18.3 Å². The van der Waals surface area contributed by atoms with Gasteiger partial charge in [0, 0.05) is 40.2 Å². The number of amides is 5. The normalized spacial score (nSPS) is 17.1. The van der Waals surface area contributed by atoms with Crippen LogP contribution in [0.15, 0.2) is 91.0 Å². The molecular formula is C55H81BClN4O10. The van der Waals surface area contributed by atoms with E-state index < -0.39 is 12.2 Å². The summed E-state index contributed by atoms with van der Waals surface area (Å²) in [5, 5.41) is 18.9. The average molecular weight is 1000 g/mol. The van der Waals surface area contributed by atoms with Crippen molar-refractivity contribution in [1.29, 1.82) is 5.26 Å². The van der Waals surface area contributed by atoms with Crippen molar-refractivity contribution in [2.75, 3.05) is 26.4 Å². The molecule has 2 N–H and O–H groups in total. The largest absolute Gasteiger partial charge is 0.447 e. The Bertz CT molecular complexity index is 1950. The Hall–Kier alpha value is -5.72. The van der Waals surface area contributed by atoms with E-state index in [1.54, 1.807) is 13.8 Å². The third-order valence-corrected chi connectivity index (χ3v) is 11.1. The molecule has 0 aromatic heterocycles. The standard InChI is InChI=1S/C15H19NO3.C13H15NO3.C10H11NO2.C6H11N.C5H12O.C3H5ClO.C3H8.B/c1-3-11(2)14(17)16-13(10-19-15(16)18)9-12-7-5-4-6-8-12;1-2-12(15)14-11(9-17-13(14)16)8-10-6-4-3-5-7-10;12-10-11-9(7-13-10)6-8-4-2-1-3-5-8;1-3-6(2)4-5-7;1-3-5(2)4-6;1-2-3(4)5;1-3-2;/h4-8,11,13H,3,9-10H2,1-2H3;3-7,11H,2,8-9H2,1H3;1-5,9H,6-7H2,(H,11,12);6H,3-4H2,1-2H3;5-6H,3-4H2,1-2H3;2H2,1H3;3H2,1-2H3;. The highest BCUT2D eigenvalue weighted by molar-refractivity contribution is 6.63. The van der Waals surface area contributed by atoms with E-state index >= 15 is 0 Å². The van der Waals surface area contributed by atoms with E-state index in [1.807, 2.05) is 112 Å². The van der Waals surface area contributed by atoms with Crippen LogP contribution in [0.4, 0.5) is 14.4 Å². The molecule has 71 heavy (non-hydrogen) atoms. The minimum absolute atomic E-state index is 0. The van der Waals surface area contributed by atoms with Crippen molar-refractivity contribution in [2.24, 2.45) is 17.8 Å². The van der Waals surface area contributed by atoms with E-state index in [-0.39, 0.29) is 62.2 Å². The second-order valence-electron chi connectivity index (χ2n) is 17.1. The number of imide groups is 2. The molecule has 0 spiro atoms. The zero-order valence-electron chi connectivity index (χ0n) is 43.9. The molecule has 3 aromatic carbocycles. The van der Waals surface area contributed by atoms with Crippen molar-refractivity contribution in [3.05, 3.63) is 108 Å². The van der Waals surface area contributed by atoms with Gasteiger partial charge in [-0.3, -0.25) is 14.4 Å². The summed E-state index contributed by atoms with van der Waals surface area (Å²) in [6.07, 6.45) is 6.44. The number of rotatable bonds is 14. The molecule has 5 amide bonds. The number of carbonyl (C=O) groups excluding carboxylic acids is 6. The first kappa shape index (κ1) is 67.4. The highest BCUT2D eigenvalue weighted by atomic mass is 35.5. The maximum Gasteiger partial charge on any atom is 0.416 e. The number of aliphatic hydroxyl groups is 1. The number of alkyl carbamates (subject to hydrolysis) is 1. The Balaban J connectivity index is 0. The summed E-state index contributed by atoms with van der Waals surface area (Å²) in [6.45, 7) is 21.2. The van der Waals surface area contributed by atoms with Gasteiger partial charge in [-0.05, 0) is 65.8 Å². The molecule has 3 aliphatic rings. The number of hydrogen-bond acceptors (Lipinski definition) is 11. The fourth-order valence-electron chi connectivity index (χ4n) is 6.02. The maximum absolute atomic E-state index is 12.2. The lowest BCUT2D eigenvalue weighted by molar-refractivity contribution is -0.133. The van der Waals surface area contributed by atoms with Crippen molar-refractivity contribution in [1.82, 2.24) is 15.1 Å². The van der Waals surface area contributed by atoms with E-state index in [0.29, 0.717) is 63.8 Å². The van der Waals surface area contributed by atoms with Crippen LogP contribution in [0.3, 0.4) is 0 Å². The van der Waals surface area contributed by atoms with Crippen LogP contribution in [-0.2, 0) is 47.9 Å². The first-order chi connectivity index (χ1) is 33.5. The molecule has 14 nitrogen and oxygen atoms in total. The van der Waals surface area contributed by atoms with Gasteiger partial charge in [0.1, 0.15) is 19.8 Å². The molecule has 16 heteroatoms. The number of carbonyl (C=O) groups is 6. The maximum atomic E-state index is 12.2. The number of halogens is 1. The molecule has 3 aliphatic heterocycles. The molecule has 6 atom stereocenters. The molecule has 0 aliphatic carbocycles. The number of aliphatic hydroxyl groups excluding tert-OH is 1. The lowest BCUT2D eigenvalue weighted by Gasteiger charge is -2.22. The van der Waals surface area contributed by atoms with Crippen LogP contribution in [0.2, 0.25) is 0 Å². The van der Waals surface area contributed by atoms with Crippen LogP contribution in [0.25, 0.3) is 0 Å². The molecule has 3 heterocycles. The molecule has 6 rings (SSSR count). The SMILES string of the molecule is CCC.CCC(=O)Cl.CCC(=O)N1C(=O)OCC1Cc1ccccc1.CCC(C)C(=O)N1C(=O)OCC1Cc1ccccc1.CCC(C)CC#N.CCC(C)CO.O=C1NC(Cc2ccccc2)CO1.[B]. The van der Waals surface area contributed by atoms with Gasteiger partial charge in [0.25, 0.3) is 0 Å². The van der Waals surface area contributed by atoms with Crippen LogP contribution in [0.5, 0.6) is 0 Å². The van der Waals surface area contributed by atoms with E-state index in [9.17, 15) is 28.8 Å². The summed E-state index contributed by atoms with van der Waals surface area (Å²) in [6, 6.07) is 31.6. The molecule has 3 saturated heterocycles. The number of nitriles is 1. The lowest BCUT2D eigenvalue weighted by atomic mass is 10.0. The summed E-state index contributed by atoms with van der Waals surface area (Å²) < 4.78 is 14.8. The first-order valence-corrected chi connectivity index (χ1v) is 25.1. The van der Waals surface area contributed by atoms with E-state index in [1.165, 1.54) is 21.8 Å². The Labute approximate surface area is 431 Å². The van der Waals surface area contributed by atoms with E-state index in [2.05, 4.69) is 46.0 Å². The number of benzene rings is 3. The van der Waals surface area contributed by atoms with Gasteiger partial charge < -0.3 is 24.6 Å². The van der Waals surface area contributed by atoms with Gasteiger partial charge in [-0.1, -0.05) is 179 Å². The van der Waals surface area contributed by atoms with E-state index in [0.717, 1.165) is 36.8 Å². The van der Waals surface area contributed by atoms with Gasteiger partial charge in [0.2, 0.25) is 17.1 Å². The number of nitrogens with zero attached hydrogens (tertiary/aromatic N) is 3. The van der Waals surface area contributed by atoms with Crippen molar-refractivity contribution in [3.63, 3.8) is 0 Å². The highest BCUT2D eigenvalue weighted by Gasteiger charge is 2.39. The Morgan fingerprint density at radius 2 is 1.07 bits per heavy atom. The molecule has 3 fully saturated rings. The quantitative estimate of drug-likeness (QED) is 0.0887. The second-order valence-corrected chi connectivity index (χ2v) is 17.5. The van der Waals surface area contributed by atoms with Crippen LogP contribution in [0.1, 0.15) is 131 Å². The first-order valence-electron chi connectivity index (χ1n) is 24.7. The third-order valence-electron chi connectivity index (χ3n) is 10.9. The zero-order chi connectivity index (χ0) is 52.9. The van der Waals surface area contributed by atoms with Crippen molar-refractivity contribution < 1.29 is 48.1 Å². The third kappa shape index (κ3) is 29.3. The topological polar surface area (TPSA) is 193 Å². The van der Waals surface area contributed by atoms with Crippen molar-refractivity contribution >= 4 is 55.4 Å². The average Bonchev–Trinajstić information content (AvgIpc) is 4.08. The molecule has 0 bridgehead atoms. The minimum atomic E-state index is -0.516. The zero-order valence-corrected chi connectivity index (χ0v) is 44.7. The number of nitrogens with one attached hydrogen (secondary N) is 1. The lowest BCUT2D eigenvalue weighted by Crippen LogP contribution is -2.42. The van der Waals surface area contributed by atoms with Crippen molar-refractivity contribution in [3.8, 4) is 6.07 Å². The van der Waals surface area contributed by atoms with Crippen molar-refractivity contribution in [2.45, 2.75) is 152 Å². The monoisotopic (exact) mass is 1000 g/mol. The predicted molar refractivity (Wildman–Crippen MR) is 282 cm³/mol. The fourth-order valence-corrected chi connectivity index (χ4v) is 6.02. The van der Waals surface area contributed by atoms with Gasteiger partial charge in [-0.15, -0.1) is 0 Å². The second kappa shape index (κ2) is 41.0. The molecule has 0 saturated carbocycles. The summed E-state index contributed by atoms with van der Waals surface area (Å²) in [7, 11) is 0. The Kier molecular flexibility index (Phi) is 38.9. The Morgan fingerprint density at radius 1 is 0.662 bits per heavy atom. The van der Waals surface area contributed by atoms with Gasteiger partial charge in [0.05, 0.1) is 24.2 Å². The summed E-state index contributed by atoms with van der Waals surface area (Å²) in [5.74, 6) is 0.623. The smallest absolute Gasteiger partial charge is 0.416 e. The molecule has 6 unspecified atom stereocenters. The summed E-state index contributed by atoms with van der Waals surface area (Å²) >= 11 is 4.82. The molecule has 3 aromatic rings. The highest BCUT2D eigenvalue weighted by Crippen LogP contribution is 2.21. The molecular weight excluding hydrogens is 923 g/mol. The van der Waals surface area contributed by atoms with Gasteiger partial charge in [0.15, 0.2) is 0 Å². The molecule has 3 radical (unpaired) electrons.